The lowest BCUT2D eigenvalue weighted by Crippen LogP contribution is -1.98. The van der Waals surface area contributed by atoms with Crippen LogP contribution in [-0.2, 0) is 13.0 Å². The highest BCUT2D eigenvalue weighted by Crippen LogP contribution is 2.43. The molecule has 0 unspecified atom stereocenters. The van der Waals surface area contributed by atoms with Gasteiger partial charge in [-0.2, -0.15) is 5.26 Å². The number of benzene rings is 1. The molecule has 1 aliphatic rings. The number of hydrogen-bond donors (Lipinski definition) is 0. The highest BCUT2D eigenvalue weighted by atomic mass is 32.1. The van der Waals surface area contributed by atoms with Gasteiger partial charge in [0, 0.05) is 10.8 Å². The molecule has 4 heteroatoms. The Bertz CT molecular complexity index is 675. The molecule has 3 rings (SSSR count). The van der Waals surface area contributed by atoms with Crippen molar-refractivity contribution < 1.29 is 4.74 Å². The van der Waals surface area contributed by atoms with E-state index in [0.29, 0.717) is 18.9 Å². The zero-order valence-electron chi connectivity index (χ0n) is 12.3. The Morgan fingerprint density at radius 3 is 2.67 bits per heavy atom. The van der Waals surface area contributed by atoms with Gasteiger partial charge in [-0.25, -0.2) is 4.98 Å². The van der Waals surface area contributed by atoms with E-state index in [1.165, 1.54) is 12.8 Å². The zero-order chi connectivity index (χ0) is 14.8. The SMILES string of the molecule is Cc1cccc(C)c1OCc1nc(C2CC2)c(CC#N)s1. The lowest BCUT2D eigenvalue weighted by Gasteiger charge is -2.10. The van der Waals surface area contributed by atoms with Gasteiger partial charge in [0.1, 0.15) is 17.4 Å². The highest BCUT2D eigenvalue weighted by Gasteiger charge is 2.29. The molecular weight excluding hydrogens is 280 g/mol. The summed E-state index contributed by atoms with van der Waals surface area (Å²) in [5.74, 6) is 1.53. The van der Waals surface area contributed by atoms with Gasteiger partial charge in [-0.15, -0.1) is 11.3 Å². The summed E-state index contributed by atoms with van der Waals surface area (Å²) in [6.45, 7) is 4.60. The molecule has 1 heterocycles. The van der Waals surface area contributed by atoms with Crippen molar-refractivity contribution in [1.29, 1.82) is 5.26 Å². The van der Waals surface area contributed by atoms with Crippen molar-refractivity contribution in [2.75, 3.05) is 0 Å². The van der Waals surface area contributed by atoms with Crippen molar-refractivity contribution in [1.82, 2.24) is 4.98 Å². The first-order chi connectivity index (χ1) is 10.2. The van der Waals surface area contributed by atoms with E-state index in [9.17, 15) is 0 Å². The third kappa shape index (κ3) is 3.08. The zero-order valence-corrected chi connectivity index (χ0v) is 13.2. The summed E-state index contributed by atoms with van der Waals surface area (Å²) in [6, 6.07) is 8.39. The fourth-order valence-corrected chi connectivity index (χ4v) is 3.51. The van der Waals surface area contributed by atoms with Gasteiger partial charge in [0.2, 0.25) is 0 Å². The summed E-state index contributed by atoms with van der Waals surface area (Å²) >= 11 is 1.62. The van der Waals surface area contributed by atoms with Gasteiger partial charge in [-0.3, -0.25) is 0 Å². The molecule has 0 spiro atoms. The monoisotopic (exact) mass is 298 g/mol. The molecule has 3 nitrogen and oxygen atoms in total. The van der Waals surface area contributed by atoms with Crippen LogP contribution in [0.3, 0.4) is 0 Å². The Labute approximate surface area is 129 Å². The standard InChI is InChI=1S/C17H18N2OS/c1-11-4-3-5-12(2)17(11)20-10-15-19-16(13-6-7-13)14(21-15)8-9-18/h3-5,13H,6-8,10H2,1-2H3. The minimum Gasteiger partial charge on any atom is -0.486 e. The molecule has 1 aromatic heterocycles. The van der Waals surface area contributed by atoms with E-state index in [0.717, 1.165) is 32.5 Å². The molecule has 0 N–H and O–H groups in total. The lowest BCUT2D eigenvalue weighted by atomic mass is 10.1. The number of ether oxygens (including phenoxy) is 1. The van der Waals surface area contributed by atoms with Crippen LogP contribution in [0.4, 0.5) is 0 Å². The second-order valence-electron chi connectivity index (χ2n) is 5.53. The van der Waals surface area contributed by atoms with Crippen LogP contribution < -0.4 is 4.74 Å². The Morgan fingerprint density at radius 1 is 1.33 bits per heavy atom. The quantitative estimate of drug-likeness (QED) is 0.827. The summed E-state index contributed by atoms with van der Waals surface area (Å²) in [6.07, 6.45) is 2.88. The van der Waals surface area contributed by atoms with Crippen LogP contribution in [0.25, 0.3) is 0 Å². The number of thiazole rings is 1. The third-order valence-electron chi connectivity index (χ3n) is 3.72. The number of nitrogens with zero attached hydrogens (tertiary/aromatic N) is 2. The molecule has 0 atom stereocenters. The maximum absolute atomic E-state index is 8.93. The van der Waals surface area contributed by atoms with E-state index < -0.39 is 0 Å². The summed E-state index contributed by atoms with van der Waals surface area (Å²) in [4.78, 5) is 5.83. The summed E-state index contributed by atoms with van der Waals surface area (Å²) in [5, 5.41) is 9.91. The average Bonchev–Trinajstić information content (AvgIpc) is 3.22. The number of aryl methyl sites for hydroxylation is 2. The first-order valence-corrected chi connectivity index (χ1v) is 8.05. The van der Waals surface area contributed by atoms with Gasteiger partial charge in [0.15, 0.2) is 0 Å². The lowest BCUT2D eigenvalue weighted by molar-refractivity contribution is 0.301. The van der Waals surface area contributed by atoms with Gasteiger partial charge in [0.05, 0.1) is 18.2 Å². The number of aromatic nitrogens is 1. The number of nitriles is 1. The van der Waals surface area contributed by atoms with Crippen LogP contribution in [0.2, 0.25) is 0 Å². The molecule has 0 amide bonds. The average molecular weight is 298 g/mol. The second-order valence-corrected chi connectivity index (χ2v) is 6.70. The molecule has 0 aliphatic heterocycles. The number of hydrogen-bond acceptors (Lipinski definition) is 4. The number of para-hydroxylation sites is 1. The third-order valence-corrected chi connectivity index (χ3v) is 4.77. The first kappa shape index (κ1) is 14.1. The van der Waals surface area contributed by atoms with Crippen LogP contribution in [0.5, 0.6) is 5.75 Å². The first-order valence-electron chi connectivity index (χ1n) is 7.23. The smallest absolute Gasteiger partial charge is 0.140 e. The Morgan fingerprint density at radius 2 is 2.05 bits per heavy atom. The molecule has 0 saturated heterocycles. The van der Waals surface area contributed by atoms with Gasteiger partial charge in [-0.1, -0.05) is 18.2 Å². The molecule has 0 radical (unpaired) electrons. The van der Waals surface area contributed by atoms with Crippen molar-refractivity contribution in [3.63, 3.8) is 0 Å². The maximum Gasteiger partial charge on any atom is 0.140 e. The fraction of sp³-hybridized carbons (Fsp3) is 0.412. The van der Waals surface area contributed by atoms with Crippen molar-refractivity contribution >= 4 is 11.3 Å². The molecule has 21 heavy (non-hydrogen) atoms. The molecule has 1 saturated carbocycles. The topological polar surface area (TPSA) is 45.9 Å². The Balaban J connectivity index is 1.76. The maximum atomic E-state index is 8.93. The van der Waals surface area contributed by atoms with E-state index in [1.807, 2.05) is 6.07 Å². The predicted molar refractivity (Wildman–Crippen MR) is 83.7 cm³/mol. The Hall–Kier alpha value is -1.86. The van der Waals surface area contributed by atoms with Crippen LogP contribution in [0.15, 0.2) is 18.2 Å². The van der Waals surface area contributed by atoms with Gasteiger partial charge < -0.3 is 4.74 Å². The predicted octanol–water partition coefficient (Wildman–Crippen LogP) is 4.28. The normalized spacial score (nSPS) is 14.0. The summed E-state index contributed by atoms with van der Waals surface area (Å²) < 4.78 is 5.97. The summed E-state index contributed by atoms with van der Waals surface area (Å²) in [7, 11) is 0. The van der Waals surface area contributed by atoms with Crippen LogP contribution in [0, 0.1) is 25.2 Å². The van der Waals surface area contributed by atoms with E-state index in [2.05, 4.69) is 32.0 Å². The molecular formula is C17H18N2OS. The second kappa shape index (κ2) is 5.87. The molecule has 1 fully saturated rings. The van der Waals surface area contributed by atoms with Gasteiger partial charge >= 0.3 is 0 Å². The minimum atomic E-state index is 0.465. The summed E-state index contributed by atoms with van der Waals surface area (Å²) in [5.41, 5.74) is 3.43. The molecule has 1 aliphatic carbocycles. The Kier molecular flexibility index (Phi) is 3.94. The highest BCUT2D eigenvalue weighted by molar-refractivity contribution is 7.11. The molecule has 2 aromatic rings. The molecule has 1 aromatic carbocycles. The van der Waals surface area contributed by atoms with Gasteiger partial charge in [-0.05, 0) is 37.8 Å². The molecule has 108 valence electrons. The fourth-order valence-electron chi connectivity index (χ4n) is 2.51. The van der Waals surface area contributed by atoms with Crippen molar-refractivity contribution in [3.05, 3.63) is 44.9 Å². The largest absolute Gasteiger partial charge is 0.486 e. The van der Waals surface area contributed by atoms with E-state index in [4.69, 9.17) is 15.0 Å². The number of rotatable bonds is 5. The van der Waals surface area contributed by atoms with E-state index in [-0.39, 0.29) is 0 Å². The van der Waals surface area contributed by atoms with Crippen LogP contribution in [0.1, 0.15) is 45.5 Å². The van der Waals surface area contributed by atoms with E-state index >= 15 is 0 Å². The van der Waals surface area contributed by atoms with Crippen molar-refractivity contribution in [2.24, 2.45) is 0 Å². The van der Waals surface area contributed by atoms with Crippen molar-refractivity contribution in [2.45, 2.75) is 45.6 Å². The van der Waals surface area contributed by atoms with E-state index in [1.54, 1.807) is 11.3 Å². The van der Waals surface area contributed by atoms with Crippen LogP contribution in [-0.4, -0.2) is 4.98 Å². The van der Waals surface area contributed by atoms with Crippen molar-refractivity contribution in [3.8, 4) is 11.8 Å². The van der Waals surface area contributed by atoms with Gasteiger partial charge in [0.25, 0.3) is 0 Å². The minimum absolute atomic E-state index is 0.465. The van der Waals surface area contributed by atoms with Crippen LogP contribution >= 0.6 is 11.3 Å². The molecule has 0 bridgehead atoms.